The van der Waals surface area contributed by atoms with E-state index in [1.807, 2.05) is 17.5 Å². The molecule has 2 heterocycles. The highest BCUT2D eigenvalue weighted by atomic mass is 32.1. The molecule has 0 saturated carbocycles. The summed E-state index contributed by atoms with van der Waals surface area (Å²) in [6.07, 6.45) is 1.94. The molecule has 3 rings (SSSR count). The van der Waals surface area contributed by atoms with E-state index in [1.165, 1.54) is 10.4 Å². The number of carbonyl (C=O) groups excluding carboxylic acids is 1. The number of thiophene rings is 1. The maximum absolute atomic E-state index is 12.5. The monoisotopic (exact) mass is 314 g/mol. The topological polar surface area (TPSA) is 32.3 Å². The third-order valence-electron chi connectivity index (χ3n) is 4.57. The molecular formula is C18H22N2OS. The van der Waals surface area contributed by atoms with Gasteiger partial charge in [0.25, 0.3) is 0 Å². The van der Waals surface area contributed by atoms with Crippen molar-refractivity contribution in [1.29, 1.82) is 0 Å². The molecule has 1 saturated heterocycles. The van der Waals surface area contributed by atoms with Crippen LogP contribution in [0.5, 0.6) is 0 Å². The Balaban J connectivity index is 1.52. The van der Waals surface area contributed by atoms with E-state index in [0.29, 0.717) is 6.54 Å². The summed E-state index contributed by atoms with van der Waals surface area (Å²) in [5, 5.41) is 5.13. The van der Waals surface area contributed by atoms with Gasteiger partial charge in [-0.05, 0) is 36.8 Å². The summed E-state index contributed by atoms with van der Waals surface area (Å²) in [5.41, 5.74) is 0.988. The fourth-order valence-corrected chi connectivity index (χ4v) is 3.55. The normalized spacial score (nSPS) is 21.3. The number of benzene rings is 1. The van der Waals surface area contributed by atoms with Gasteiger partial charge in [-0.2, -0.15) is 0 Å². The third-order valence-corrected chi connectivity index (χ3v) is 5.45. The minimum atomic E-state index is -0.341. The van der Waals surface area contributed by atoms with Crippen LogP contribution in [0.25, 0.3) is 0 Å². The van der Waals surface area contributed by atoms with Crippen molar-refractivity contribution in [3.8, 4) is 0 Å². The van der Waals surface area contributed by atoms with Crippen molar-refractivity contribution in [3.05, 3.63) is 58.3 Å². The van der Waals surface area contributed by atoms with Gasteiger partial charge in [-0.25, -0.2) is 0 Å². The van der Waals surface area contributed by atoms with Gasteiger partial charge in [-0.3, -0.25) is 9.69 Å². The van der Waals surface area contributed by atoms with Crippen molar-refractivity contribution in [2.24, 2.45) is 0 Å². The van der Waals surface area contributed by atoms with Crippen LogP contribution in [-0.2, 0) is 17.8 Å². The Morgan fingerprint density at radius 2 is 2.09 bits per heavy atom. The molecule has 22 heavy (non-hydrogen) atoms. The molecule has 1 aromatic carbocycles. The molecule has 1 atom stereocenters. The molecule has 1 amide bonds. The second-order valence-corrected chi connectivity index (χ2v) is 7.04. The number of hydrogen-bond acceptors (Lipinski definition) is 3. The maximum atomic E-state index is 12.5. The smallest absolute Gasteiger partial charge is 0.240 e. The van der Waals surface area contributed by atoms with E-state index in [2.05, 4.69) is 47.5 Å². The Bertz CT molecular complexity index is 611. The van der Waals surface area contributed by atoms with Crippen molar-refractivity contribution in [2.75, 3.05) is 13.1 Å². The van der Waals surface area contributed by atoms with E-state index in [-0.39, 0.29) is 11.4 Å². The van der Waals surface area contributed by atoms with Crippen molar-refractivity contribution in [2.45, 2.75) is 31.8 Å². The summed E-state index contributed by atoms with van der Waals surface area (Å²) in [5.74, 6) is 0.153. The van der Waals surface area contributed by atoms with Crippen molar-refractivity contribution < 1.29 is 4.79 Å². The lowest BCUT2D eigenvalue weighted by atomic mass is 9.85. The first kappa shape index (κ1) is 15.3. The second-order valence-electron chi connectivity index (χ2n) is 6.01. The number of likely N-dealkylation sites (tertiary alicyclic amines) is 1. The Morgan fingerprint density at radius 1 is 1.27 bits per heavy atom. The Labute approximate surface area is 136 Å². The standard InChI is InChI=1S/C18H22N2OS/c1-18(17(21)19-14-16-8-5-13-22-16)10-12-20(18)11-9-15-6-3-2-4-7-15/h2-8,13H,9-12,14H2,1H3,(H,19,21). The van der Waals surface area contributed by atoms with Gasteiger partial charge < -0.3 is 5.32 Å². The molecule has 3 nitrogen and oxygen atoms in total. The fraction of sp³-hybridized carbons (Fsp3) is 0.389. The summed E-state index contributed by atoms with van der Waals surface area (Å²) in [6.45, 7) is 4.65. The molecule has 0 aliphatic carbocycles. The second kappa shape index (κ2) is 6.63. The Morgan fingerprint density at radius 3 is 2.73 bits per heavy atom. The molecule has 1 unspecified atom stereocenters. The van der Waals surface area contributed by atoms with E-state index < -0.39 is 0 Å². The predicted molar refractivity (Wildman–Crippen MR) is 90.9 cm³/mol. The molecule has 1 N–H and O–H groups in total. The number of nitrogens with one attached hydrogen (secondary N) is 1. The molecule has 1 aliphatic heterocycles. The molecule has 0 bridgehead atoms. The lowest BCUT2D eigenvalue weighted by molar-refractivity contribution is -0.141. The number of hydrogen-bond donors (Lipinski definition) is 1. The van der Waals surface area contributed by atoms with Gasteiger partial charge in [-0.15, -0.1) is 11.3 Å². The summed E-state index contributed by atoms with van der Waals surface area (Å²) >= 11 is 1.68. The van der Waals surface area contributed by atoms with Gasteiger partial charge in [0.1, 0.15) is 0 Å². The van der Waals surface area contributed by atoms with Gasteiger partial charge in [-0.1, -0.05) is 36.4 Å². The zero-order chi connectivity index (χ0) is 15.4. The molecular weight excluding hydrogens is 292 g/mol. The highest BCUT2D eigenvalue weighted by molar-refractivity contribution is 7.09. The first-order chi connectivity index (χ1) is 10.7. The average molecular weight is 314 g/mol. The van der Waals surface area contributed by atoms with Crippen LogP contribution in [0.2, 0.25) is 0 Å². The van der Waals surface area contributed by atoms with Crippen LogP contribution in [0.15, 0.2) is 47.8 Å². The van der Waals surface area contributed by atoms with Gasteiger partial charge in [0.05, 0.1) is 12.1 Å². The van der Waals surface area contributed by atoms with E-state index >= 15 is 0 Å². The zero-order valence-corrected chi connectivity index (χ0v) is 13.7. The van der Waals surface area contributed by atoms with Crippen molar-refractivity contribution in [3.63, 3.8) is 0 Å². The van der Waals surface area contributed by atoms with Gasteiger partial charge in [0, 0.05) is 18.0 Å². The number of nitrogens with zero attached hydrogens (tertiary/aromatic N) is 1. The van der Waals surface area contributed by atoms with E-state index in [9.17, 15) is 4.79 Å². The first-order valence-electron chi connectivity index (χ1n) is 7.78. The van der Waals surface area contributed by atoms with Gasteiger partial charge >= 0.3 is 0 Å². The van der Waals surface area contributed by atoms with Crippen LogP contribution in [0.4, 0.5) is 0 Å². The Hall–Kier alpha value is -1.65. The predicted octanol–water partition coefficient (Wildman–Crippen LogP) is 3.07. The number of amides is 1. The average Bonchev–Trinajstić information content (AvgIpc) is 3.05. The molecule has 0 spiro atoms. The third kappa shape index (κ3) is 3.23. The molecule has 1 fully saturated rings. The lowest BCUT2D eigenvalue weighted by Crippen LogP contribution is -2.65. The summed E-state index contributed by atoms with van der Waals surface area (Å²) in [7, 11) is 0. The molecule has 1 aliphatic rings. The minimum Gasteiger partial charge on any atom is -0.350 e. The summed E-state index contributed by atoms with van der Waals surface area (Å²) in [6, 6.07) is 14.5. The summed E-state index contributed by atoms with van der Waals surface area (Å²) in [4.78, 5) is 16.0. The van der Waals surface area contributed by atoms with E-state index in [1.54, 1.807) is 11.3 Å². The fourth-order valence-electron chi connectivity index (χ4n) is 2.90. The highest BCUT2D eigenvalue weighted by Gasteiger charge is 2.46. The van der Waals surface area contributed by atoms with Gasteiger partial charge in [0.2, 0.25) is 5.91 Å². The maximum Gasteiger partial charge on any atom is 0.240 e. The quantitative estimate of drug-likeness (QED) is 0.889. The van der Waals surface area contributed by atoms with Crippen LogP contribution in [0.1, 0.15) is 23.8 Å². The highest BCUT2D eigenvalue weighted by Crippen LogP contribution is 2.30. The molecule has 1 aromatic heterocycles. The largest absolute Gasteiger partial charge is 0.350 e. The minimum absolute atomic E-state index is 0.153. The van der Waals surface area contributed by atoms with Crippen molar-refractivity contribution in [1.82, 2.24) is 10.2 Å². The van der Waals surface area contributed by atoms with Gasteiger partial charge in [0.15, 0.2) is 0 Å². The number of carbonyl (C=O) groups is 1. The first-order valence-corrected chi connectivity index (χ1v) is 8.66. The molecule has 2 aromatic rings. The zero-order valence-electron chi connectivity index (χ0n) is 12.9. The van der Waals surface area contributed by atoms with Crippen LogP contribution in [0, 0.1) is 0 Å². The van der Waals surface area contributed by atoms with E-state index in [0.717, 1.165) is 25.9 Å². The van der Waals surface area contributed by atoms with Crippen LogP contribution >= 0.6 is 11.3 Å². The van der Waals surface area contributed by atoms with Crippen LogP contribution < -0.4 is 5.32 Å². The van der Waals surface area contributed by atoms with Crippen molar-refractivity contribution >= 4 is 17.2 Å². The summed E-state index contributed by atoms with van der Waals surface area (Å²) < 4.78 is 0. The lowest BCUT2D eigenvalue weighted by Gasteiger charge is -2.49. The van der Waals surface area contributed by atoms with Crippen LogP contribution in [-0.4, -0.2) is 29.4 Å². The Kier molecular flexibility index (Phi) is 4.60. The molecule has 116 valence electrons. The SMILES string of the molecule is CC1(C(=O)NCc2cccs2)CCN1CCc1ccccc1. The van der Waals surface area contributed by atoms with Crippen LogP contribution in [0.3, 0.4) is 0 Å². The number of rotatable bonds is 6. The molecule has 0 radical (unpaired) electrons. The molecule has 4 heteroatoms. The van der Waals surface area contributed by atoms with E-state index in [4.69, 9.17) is 0 Å².